The van der Waals surface area contributed by atoms with Crippen LogP contribution in [0.2, 0.25) is 0 Å². The van der Waals surface area contributed by atoms with E-state index < -0.39 is 11.9 Å². The van der Waals surface area contributed by atoms with Crippen molar-refractivity contribution < 1.29 is 14.0 Å². The molecule has 0 radical (unpaired) electrons. The fourth-order valence-electron chi connectivity index (χ4n) is 1.14. The Morgan fingerprint density at radius 3 is 2.53 bits per heavy atom. The minimum atomic E-state index is -0.663. The summed E-state index contributed by atoms with van der Waals surface area (Å²) in [5, 5.41) is 4.82. The van der Waals surface area contributed by atoms with Crippen molar-refractivity contribution in [3.05, 3.63) is 24.0 Å². The third-order valence-corrected chi connectivity index (χ3v) is 1.96. The van der Waals surface area contributed by atoms with Gasteiger partial charge in [0.05, 0.1) is 11.7 Å². The molecule has 0 fully saturated rings. The fourth-order valence-corrected chi connectivity index (χ4v) is 1.14. The molecule has 4 N–H and O–H groups in total. The number of nitrogens with one attached hydrogen (secondary N) is 2. The van der Waals surface area contributed by atoms with Crippen LogP contribution in [0, 0.1) is 5.82 Å². The standard InChI is InChI=1S/C11H14FN3O2/c1-6(13)11(17)15-8-3-4-9(12)10(5-8)14-7(2)16/h3-6H,13H2,1-2H3,(H,14,16)(H,15,17)/t6-/m0/s1. The number of carbonyl (C=O) groups is 2. The van der Waals surface area contributed by atoms with Gasteiger partial charge >= 0.3 is 0 Å². The van der Waals surface area contributed by atoms with Crippen molar-refractivity contribution in [2.75, 3.05) is 10.6 Å². The molecule has 1 atom stereocenters. The van der Waals surface area contributed by atoms with Crippen molar-refractivity contribution in [3.63, 3.8) is 0 Å². The Hall–Kier alpha value is -1.95. The molecule has 0 saturated heterocycles. The van der Waals surface area contributed by atoms with Crippen LogP contribution in [-0.2, 0) is 9.59 Å². The molecule has 0 saturated carbocycles. The van der Waals surface area contributed by atoms with Gasteiger partial charge in [-0.25, -0.2) is 4.39 Å². The van der Waals surface area contributed by atoms with E-state index >= 15 is 0 Å². The number of benzene rings is 1. The first-order valence-corrected chi connectivity index (χ1v) is 5.03. The lowest BCUT2D eigenvalue weighted by molar-refractivity contribution is -0.117. The van der Waals surface area contributed by atoms with Gasteiger partial charge in [0.15, 0.2) is 0 Å². The number of amides is 2. The summed E-state index contributed by atoms with van der Waals surface area (Å²) in [6, 6.07) is 3.21. The highest BCUT2D eigenvalue weighted by Crippen LogP contribution is 2.19. The number of hydrogen-bond acceptors (Lipinski definition) is 3. The van der Waals surface area contributed by atoms with Crippen molar-refractivity contribution in [3.8, 4) is 0 Å². The zero-order valence-corrected chi connectivity index (χ0v) is 9.58. The minimum absolute atomic E-state index is 0.0139. The number of rotatable bonds is 3. The van der Waals surface area contributed by atoms with Gasteiger partial charge in [0.25, 0.3) is 0 Å². The van der Waals surface area contributed by atoms with E-state index in [4.69, 9.17) is 5.73 Å². The number of carbonyl (C=O) groups excluding carboxylic acids is 2. The SMILES string of the molecule is CC(=O)Nc1cc(NC(=O)[C@H](C)N)ccc1F. The summed E-state index contributed by atoms with van der Waals surface area (Å²) in [7, 11) is 0. The predicted octanol–water partition coefficient (Wildman–Crippen LogP) is 1.07. The van der Waals surface area contributed by atoms with Gasteiger partial charge in [-0.2, -0.15) is 0 Å². The first kappa shape index (κ1) is 13.1. The molecule has 0 heterocycles. The lowest BCUT2D eigenvalue weighted by Gasteiger charge is -2.10. The van der Waals surface area contributed by atoms with E-state index in [1.54, 1.807) is 0 Å². The molecule has 1 aromatic carbocycles. The van der Waals surface area contributed by atoms with Crippen molar-refractivity contribution in [1.82, 2.24) is 0 Å². The predicted molar refractivity (Wildman–Crippen MR) is 63.0 cm³/mol. The molecule has 0 aliphatic heterocycles. The quantitative estimate of drug-likeness (QED) is 0.737. The van der Waals surface area contributed by atoms with Crippen LogP contribution in [0.25, 0.3) is 0 Å². The second kappa shape index (κ2) is 5.40. The van der Waals surface area contributed by atoms with E-state index in [9.17, 15) is 14.0 Å². The number of hydrogen-bond donors (Lipinski definition) is 3. The van der Waals surface area contributed by atoms with Gasteiger partial charge in [-0.15, -0.1) is 0 Å². The van der Waals surface area contributed by atoms with Crippen molar-refractivity contribution in [2.45, 2.75) is 19.9 Å². The van der Waals surface area contributed by atoms with Gasteiger partial charge in [-0.1, -0.05) is 0 Å². The lowest BCUT2D eigenvalue weighted by Crippen LogP contribution is -2.32. The molecule has 17 heavy (non-hydrogen) atoms. The summed E-state index contributed by atoms with van der Waals surface area (Å²) in [4.78, 5) is 22.1. The van der Waals surface area contributed by atoms with Crippen LogP contribution in [0.4, 0.5) is 15.8 Å². The topological polar surface area (TPSA) is 84.2 Å². The van der Waals surface area contributed by atoms with Gasteiger partial charge in [0.2, 0.25) is 11.8 Å². The lowest BCUT2D eigenvalue weighted by atomic mass is 10.2. The first-order valence-electron chi connectivity index (χ1n) is 5.03. The zero-order chi connectivity index (χ0) is 13.0. The summed E-state index contributed by atoms with van der Waals surface area (Å²) in [6.45, 7) is 2.81. The van der Waals surface area contributed by atoms with Gasteiger partial charge in [0, 0.05) is 12.6 Å². The molecule has 2 amide bonds. The monoisotopic (exact) mass is 239 g/mol. The highest BCUT2D eigenvalue weighted by atomic mass is 19.1. The largest absolute Gasteiger partial charge is 0.325 e. The van der Waals surface area contributed by atoms with E-state index in [0.717, 1.165) is 6.07 Å². The second-order valence-corrected chi connectivity index (χ2v) is 3.65. The van der Waals surface area contributed by atoms with Crippen LogP contribution in [0.15, 0.2) is 18.2 Å². The summed E-state index contributed by atoms with van der Waals surface area (Å²) < 4.78 is 13.3. The van der Waals surface area contributed by atoms with Crippen LogP contribution in [-0.4, -0.2) is 17.9 Å². The maximum Gasteiger partial charge on any atom is 0.240 e. The van der Waals surface area contributed by atoms with Crippen LogP contribution < -0.4 is 16.4 Å². The third kappa shape index (κ3) is 3.84. The van der Waals surface area contributed by atoms with Gasteiger partial charge in [0.1, 0.15) is 5.82 Å². The molecular formula is C11H14FN3O2. The molecule has 1 aromatic rings. The molecule has 6 heteroatoms. The van der Waals surface area contributed by atoms with Gasteiger partial charge in [-0.3, -0.25) is 9.59 Å². The van der Waals surface area contributed by atoms with E-state index in [1.807, 2.05) is 0 Å². The summed E-state index contributed by atoms with van der Waals surface area (Å²) >= 11 is 0. The highest BCUT2D eigenvalue weighted by Gasteiger charge is 2.10. The fraction of sp³-hybridized carbons (Fsp3) is 0.273. The van der Waals surface area contributed by atoms with Crippen molar-refractivity contribution >= 4 is 23.2 Å². The number of nitrogens with two attached hydrogens (primary N) is 1. The first-order chi connectivity index (χ1) is 7.90. The highest BCUT2D eigenvalue weighted by molar-refractivity contribution is 5.95. The third-order valence-electron chi connectivity index (χ3n) is 1.96. The molecule has 0 unspecified atom stereocenters. The molecule has 0 spiro atoms. The summed E-state index contributed by atoms with van der Waals surface area (Å²) in [5.74, 6) is -1.34. The van der Waals surface area contributed by atoms with Gasteiger partial charge < -0.3 is 16.4 Å². The minimum Gasteiger partial charge on any atom is -0.325 e. The molecule has 0 aliphatic rings. The molecule has 1 rings (SSSR count). The second-order valence-electron chi connectivity index (χ2n) is 3.65. The number of anilines is 2. The normalized spacial score (nSPS) is 11.8. The van der Waals surface area contributed by atoms with Crippen LogP contribution in [0.3, 0.4) is 0 Å². The van der Waals surface area contributed by atoms with E-state index in [-0.39, 0.29) is 17.5 Å². The maximum atomic E-state index is 13.3. The molecule has 92 valence electrons. The molecule has 0 bridgehead atoms. The average Bonchev–Trinajstić information content (AvgIpc) is 2.22. The van der Waals surface area contributed by atoms with Crippen molar-refractivity contribution in [1.29, 1.82) is 0 Å². The Balaban J connectivity index is 2.88. The Morgan fingerprint density at radius 2 is 2.00 bits per heavy atom. The molecule has 5 nitrogen and oxygen atoms in total. The molecular weight excluding hydrogens is 225 g/mol. The van der Waals surface area contributed by atoms with E-state index in [1.165, 1.54) is 26.0 Å². The zero-order valence-electron chi connectivity index (χ0n) is 9.58. The Kier molecular flexibility index (Phi) is 4.17. The Labute approximate surface area is 98.2 Å². The van der Waals surface area contributed by atoms with E-state index in [2.05, 4.69) is 10.6 Å². The Bertz CT molecular complexity index is 446. The molecule has 0 aromatic heterocycles. The summed E-state index contributed by atoms with van der Waals surface area (Å²) in [5.41, 5.74) is 5.76. The molecule has 0 aliphatic carbocycles. The summed E-state index contributed by atoms with van der Waals surface area (Å²) in [6.07, 6.45) is 0. The number of halogens is 1. The smallest absolute Gasteiger partial charge is 0.240 e. The van der Waals surface area contributed by atoms with Crippen LogP contribution in [0.5, 0.6) is 0 Å². The van der Waals surface area contributed by atoms with Crippen molar-refractivity contribution in [2.24, 2.45) is 5.73 Å². The Morgan fingerprint density at radius 1 is 1.35 bits per heavy atom. The van der Waals surface area contributed by atoms with E-state index in [0.29, 0.717) is 5.69 Å². The van der Waals surface area contributed by atoms with Crippen LogP contribution in [0.1, 0.15) is 13.8 Å². The van der Waals surface area contributed by atoms with Gasteiger partial charge in [-0.05, 0) is 25.1 Å². The average molecular weight is 239 g/mol. The maximum absolute atomic E-state index is 13.3. The van der Waals surface area contributed by atoms with Crippen LogP contribution >= 0.6 is 0 Å².